The molecule has 0 aliphatic rings. The monoisotopic (exact) mass is 327 g/mol. The molecule has 2 aromatic rings. The van der Waals surface area contributed by atoms with E-state index in [0.717, 1.165) is 35.5 Å². The van der Waals surface area contributed by atoms with Crippen LogP contribution in [0, 0.1) is 13.8 Å². The summed E-state index contributed by atoms with van der Waals surface area (Å²) in [7, 11) is 5.19. The first kappa shape index (κ1) is 18.0. The number of carbonyl (C=O) groups excluding carboxylic acids is 1. The van der Waals surface area contributed by atoms with Gasteiger partial charge < -0.3 is 9.47 Å². The maximum Gasteiger partial charge on any atom is 0.337 e. The Morgan fingerprint density at radius 3 is 2.00 bits per heavy atom. The van der Waals surface area contributed by atoms with Gasteiger partial charge in [0.1, 0.15) is 5.75 Å². The van der Waals surface area contributed by atoms with Gasteiger partial charge >= 0.3 is 5.97 Å². The summed E-state index contributed by atoms with van der Waals surface area (Å²) in [6.07, 6.45) is 0. The third-order valence-corrected chi connectivity index (χ3v) is 4.00. The normalized spacial score (nSPS) is 10.8. The fraction of sp³-hybridized carbons (Fsp3) is 0.350. The molecule has 0 fully saturated rings. The Morgan fingerprint density at radius 1 is 0.958 bits per heavy atom. The van der Waals surface area contributed by atoms with E-state index in [4.69, 9.17) is 9.47 Å². The fourth-order valence-electron chi connectivity index (χ4n) is 3.00. The number of aryl methyl sites for hydroxylation is 2. The van der Waals surface area contributed by atoms with Crippen LogP contribution in [-0.2, 0) is 17.8 Å². The minimum absolute atomic E-state index is 0.306. The summed E-state index contributed by atoms with van der Waals surface area (Å²) in [5.74, 6) is 0.652. The molecule has 0 aliphatic carbocycles. The van der Waals surface area contributed by atoms with Crippen LogP contribution < -0.4 is 4.74 Å². The maximum absolute atomic E-state index is 11.5. The fourth-order valence-corrected chi connectivity index (χ4v) is 3.00. The van der Waals surface area contributed by atoms with Crippen molar-refractivity contribution < 1.29 is 14.3 Å². The first-order valence-corrected chi connectivity index (χ1v) is 7.94. The molecular formula is C20H25NO3. The lowest BCUT2D eigenvalue weighted by Gasteiger charge is -2.19. The number of ether oxygens (including phenoxy) is 2. The van der Waals surface area contributed by atoms with Crippen LogP contribution >= 0.6 is 0 Å². The van der Waals surface area contributed by atoms with Crippen molar-refractivity contribution in [3.8, 4) is 5.75 Å². The minimum atomic E-state index is -0.306. The van der Waals surface area contributed by atoms with Gasteiger partial charge in [-0.2, -0.15) is 0 Å². The molecule has 0 saturated carbocycles. The van der Waals surface area contributed by atoms with E-state index in [2.05, 4.69) is 37.9 Å². The second-order valence-corrected chi connectivity index (χ2v) is 6.12. The van der Waals surface area contributed by atoms with Crippen molar-refractivity contribution in [1.82, 2.24) is 4.90 Å². The van der Waals surface area contributed by atoms with Gasteiger partial charge in [0.15, 0.2) is 0 Å². The predicted molar refractivity (Wildman–Crippen MR) is 95.4 cm³/mol. The molecule has 0 spiro atoms. The van der Waals surface area contributed by atoms with Crippen LogP contribution in [0.25, 0.3) is 0 Å². The lowest BCUT2D eigenvalue weighted by Crippen LogP contribution is -2.17. The molecule has 0 atom stereocenters. The Hall–Kier alpha value is -2.33. The van der Waals surface area contributed by atoms with E-state index >= 15 is 0 Å². The lowest BCUT2D eigenvalue weighted by atomic mass is 10.0. The molecule has 0 aromatic heterocycles. The number of benzene rings is 2. The number of rotatable bonds is 6. The topological polar surface area (TPSA) is 38.8 Å². The Kier molecular flexibility index (Phi) is 5.99. The molecule has 0 unspecified atom stereocenters. The molecule has 4 heteroatoms. The summed E-state index contributed by atoms with van der Waals surface area (Å²) in [6, 6.07) is 11.9. The van der Waals surface area contributed by atoms with Crippen LogP contribution in [0.3, 0.4) is 0 Å². The summed E-state index contributed by atoms with van der Waals surface area (Å²) in [4.78, 5) is 13.7. The van der Waals surface area contributed by atoms with Gasteiger partial charge in [0, 0.05) is 13.1 Å². The van der Waals surface area contributed by atoms with Gasteiger partial charge in [-0.05, 0) is 55.3 Å². The number of carbonyl (C=O) groups is 1. The summed E-state index contributed by atoms with van der Waals surface area (Å²) < 4.78 is 10.1. The SMILES string of the molecule is COC(=O)c1ccc(CN(C)Cc2cc(C)c(OC)c(C)c2)cc1. The molecule has 2 rings (SSSR count). The number of esters is 1. The third-order valence-electron chi connectivity index (χ3n) is 4.00. The van der Waals surface area contributed by atoms with Crippen molar-refractivity contribution in [2.45, 2.75) is 26.9 Å². The van der Waals surface area contributed by atoms with Crippen molar-refractivity contribution in [1.29, 1.82) is 0 Å². The van der Waals surface area contributed by atoms with E-state index in [1.165, 1.54) is 12.7 Å². The molecule has 2 aromatic carbocycles. The Morgan fingerprint density at radius 2 is 1.50 bits per heavy atom. The molecule has 0 bridgehead atoms. The van der Waals surface area contributed by atoms with Gasteiger partial charge in [-0.1, -0.05) is 24.3 Å². The maximum atomic E-state index is 11.5. The van der Waals surface area contributed by atoms with E-state index < -0.39 is 0 Å². The molecule has 4 nitrogen and oxygen atoms in total. The van der Waals surface area contributed by atoms with Gasteiger partial charge in [0.2, 0.25) is 0 Å². The van der Waals surface area contributed by atoms with E-state index in [1.807, 2.05) is 12.1 Å². The zero-order valence-corrected chi connectivity index (χ0v) is 15.1. The average molecular weight is 327 g/mol. The van der Waals surface area contributed by atoms with Crippen LogP contribution in [0.1, 0.15) is 32.6 Å². The van der Waals surface area contributed by atoms with Gasteiger partial charge in [0.25, 0.3) is 0 Å². The molecule has 128 valence electrons. The quantitative estimate of drug-likeness (QED) is 0.758. The zero-order valence-electron chi connectivity index (χ0n) is 15.1. The zero-order chi connectivity index (χ0) is 17.7. The molecular weight excluding hydrogens is 302 g/mol. The second kappa shape index (κ2) is 7.97. The van der Waals surface area contributed by atoms with Gasteiger partial charge in [-0.3, -0.25) is 4.90 Å². The molecule has 24 heavy (non-hydrogen) atoms. The predicted octanol–water partition coefficient (Wildman–Crippen LogP) is 3.73. The first-order valence-electron chi connectivity index (χ1n) is 7.94. The Bertz CT molecular complexity index is 684. The smallest absolute Gasteiger partial charge is 0.337 e. The summed E-state index contributed by atoms with van der Waals surface area (Å²) in [5, 5.41) is 0. The first-order chi connectivity index (χ1) is 11.4. The molecule has 0 aliphatic heterocycles. The average Bonchev–Trinajstić information content (AvgIpc) is 2.54. The standard InChI is InChI=1S/C20H25NO3/c1-14-10-17(11-15(2)19(14)23-4)13-21(3)12-16-6-8-18(9-7-16)20(22)24-5/h6-11H,12-13H2,1-5H3. The highest BCUT2D eigenvalue weighted by Gasteiger charge is 2.09. The van der Waals surface area contributed by atoms with Crippen molar-refractivity contribution in [3.05, 3.63) is 64.2 Å². The van der Waals surface area contributed by atoms with E-state index in [1.54, 1.807) is 19.2 Å². The minimum Gasteiger partial charge on any atom is -0.496 e. The Balaban J connectivity index is 2.03. The molecule has 0 saturated heterocycles. The number of methoxy groups -OCH3 is 2. The van der Waals surface area contributed by atoms with Crippen LogP contribution in [0.5, 0.6) is 5.75 Å². The van der Waals surface area contributed by atoms with E-state index in [-0.39, 0.29) is 5.97 Å². The number of nitrogens with zero attached hydrogens (tertiary/aromatic N) is 1. The van der Waals surface area contributed by atoms with Crippen molar-refractivity contribution >= 4 is 5.97 Å². The van der Waals surface area contributed by atoms with Crippen LogP contribution in [0.15, 0.2) is 36.4 Å². The summed E-state index contributed by atoms with van der Waals surface area (Å²) >= 11 is 0. The second-order valence-electron chi connectivity index (χ2n) is 6.12. The van der Waals surface area contributed by atoms with Gasteiger partial charge in [-0.15, -0.1) is 0 Å². The lowest BCUT2D eigenvalue weighted by molar-refractivity contribution is 0.0600. The molecule has 0 radical (unpaired) electrons. The van der Waals surface area contributed by atoms with Gasteiger partial charge in [0.05, 0.1) is 19.8 Å². The van der Waals surface area contributed by atoms with E-state index in [0.29, 0.717) is 5.56 Å². The van der Waals surface area contributed by atoms with E-state index in [9.17, 15) is 4.79 Å². The van der Waals surface area contributed by atoms with Gasteiger partial charge in [-0.25, -0.2) is 4.79 Å². The van der Waals surface area contributed by atoms with Crippen molar-refractivity contribution in [2.75, 3.05) is 21.3 Å². The highest BCUT2D eigenvalue weighted by Crippen LogP contribution is 2.25. The van der Waals surface area contributed by atoms with Crippen LogP contribution in [-0.4, -0.2) is 32.1 Å². The molecule has 0 N–H and O–H groups in total. The largest absolute Gasteiger partial charge is 0.496 e. The highest BCUT2D eigenvalue weighted by molar-refractivity contribution is 5.89. The molecule has 0 heterocycles. The number of hydrogen-bond donors (Lipinski definition) is 0. The Labute approximate surface area is 144 Å². The molecule has 0 amide bonds. The highest BCUT2D eigenvalue weighted by atomic mass is 16.5. The van der Waals surface area contributed by atoms with Crippen LogP contribution in [0.4, 0.5) is 0 Å². The van der Waals surface area contributed by atoms with Crippen molar-refractivity contribution in [3.63, 3.8) is 0 Å². The third kappa shape index (κ3) is 4.36. The number of hydrogen-bond acceptors (Lipinski definition) is 4. The van der Waals surface area contributed by atoms with Crippen molar-refractivity contribution in [2.24, 2.45) is 0 Å². The summed E-state index contributed by atoms with van der Waals surface area (Å²) in [5.41, 5.74) is 5.31. The van der Waals surface area contributed by atoms with Crippen LogP contribution in [0.2, 0.25) is 0 Å². The summed E-state index contributed by atoms with van der Waals surface area (Å²) in [6.45, 7) is 5.80.